The molecule has 3 aromatic rings. The normalized spacial score (nSPS) is 18.1. The van der Waals surface area contributed by atoms with Gasteiger partial charge in [-0.1, -0.05) is 30.3 Å². The molecule has 4 rings (SSSR count). The Kier molecular flexibility index (Phi) is 9.09. The van der Waals surface area contributed by atoms with Gasteiger partial charge in [-0.05, 0) is 80.4 Å². The van der Waals surface area contributed by atoms with Crippen LogP contribution in [-0.4, -0.2) is 44.0 Å². The van der Waals surface area contributed by atoms with Gasteiger partial charge in [0.25, 0.3) is 0 Å². The molecule has 2 atom stereocenters. The molecule has 190 valence electrons. The molecule has 5 nitrogen and oxygen atoms in total. The van der Waals surface area contributed by atoms with Crippen LogP contribution < -0.4 is 14.8 Å². The molecule has 0 bridgehead atoms. The third kappa shape index (κ3) is 6.50. The molecule has 3 aromatic carbocycles. The van der Waals surface area contributed by atoms with Crippen molar-refractivity contribution < 1.29 is 18.7 Å². The maximum absolute atomic E-state index is 13.2. The summed E-state index contributed by atoms with van der Waals surface area (Å²) in [4.78, 5) is 15.1. The Hall–Kier alpha value is -3.22. The van der Waals surface area contributed by atoms with E-state index in [1.165, 1.54) is 17.7 Å². The van der Waals surface area contributed by atoms with E-state index in [4.69, 9.17) is 9.47 Å². The molecule has 0 aromatic heterocycles. The number of ether oxygens (including phenoxy) is 2. The number of piperidine rings is 1. The van der Waals surface area contributed by atoms with Crippen molar-refractivity contribution in [2.24, 2.45) is 0 Å². The van der Waals surface area contributed by atoms with E-state index in [2.05, 4.69) is 34.5 Å². The lowest BCUT2D eigenvalue weighted by atomic mass is 9.89. The van der Waals surface area contributed by atoms with Gasteiger partial charge in [0.15, 0.2) is 5.78 Å². The summed E-state index contributed by atoms with van der Waals surface area (Å²) in [7, 11) is 3.36. The standard InChI is InChI=1S/C30H35FN2O3/c1-35-26-16-17-29(36-2)24(20-26)21-32-27-10-6-18-33(30(27)23-8-4-3-5-9-23)19-7-11-28(34)22-12-14-25(31)15-13-22/h3-5,8-9,12-17,20,27,30,32H,6-7,10-11,18-19,21H2,1-2H3. The first kappa shape index (κ1) is 25.9. The van der Waals surface area contributed by atoms with Gasteiger partial charge in [-0.2, -0.15) is 0 Å². The molecule has 36 heavy (non-hydrogen) atoms. The number of methoxy groups -OCH3 is 2. The smallest absolute Gasteiger partial charge is 0.162 e. The highest BCUT2D eigenvalue weighted by Gasteiger charge is 2.32. The molecule has 2 unspecified atom stereocenters. The van der Waals surface area contributed by atoms with Crippen LogP contribution in [0, 0.1) is 5.82 Å². The van der Waals surface area contributed by atoms with E-state index >= 15 is 0 Å². The quantitative estimate of drug-likeness (QED) is 0.344. The van der Waals surface area contributed by atoms with Crippen LogP contribution in [0.4, 0.5) is 4.39 Å². The highest BCUT2D eigenvalue weighted by atomic mass is 19.1. The fraction of sp³-hybridized carbons (Fsp3) is 0.367. The summed E-state index contributed by atoms with van der Waals surface area (Å²) < 4.78 is 24.2. The second-order valence-corrected chi connectivity index (χ2v) is 9.23. The highest BCUT2D eigenvalue weighted by Crippen LogP contribution is 2.33. The molecule has 0 aliphatic carbocycles. The van der Waals surface area contributed by atoms with E-state index < -0.39 is 0 Å². The van der Waals surface area contributed by atoms with Crippen molar-refractivity contribution in [1.29, 1.82) is 0 Å². The first-order valence-electron chi connectivity index (χ1n) is 12.6. The minimum atomic E-state index is -0.323. The van der Waals surface area contributed by atoms with Crippen LogP contribution in [0.25, 0.3) is 0 Å². The van der Waals surface area contributed by atoms with Gasteiger partial charge >= 0.3 is 0 Å². The molecule has 0 amide bonds. The summed E-state index contributed by atoms with van der Waals surface area (Å²) in [6, 6.07) is 22.7. The number of hydrogen-bond acceptors (Lipinski definition) is 5. The molecule has 0 radical (unpaired) electrons. The van der Waals surface area contributed by atoms with Crippen molar-refractivity contribution in [1.82, 2.24) is 10.2 Å². The number of carbonyl (C=O) groups is 1. The Balaban J connectivity index is 1.45. The van der Waals surface area contributed by atoms with Crippen molar-refractivity contribution in [3.8, 4) is 11.5 Å². The number of ketones is 1. The van der Waals surface area contributed by atoms with Crippen molar-refractivity contribution in [2.45, 2.75) is 44.3 Å². The Morgan fingerprint density at radius 3 is 2.53 bits per heavy atom. The summed E-state index contributed by atoms with van der Waals surface area (Å²) in [5.74, 6) is 1.38. The molecular formula is C30H35FN2O3. The first-order valence-corrected chi connectivity index (χ1v) is 12.6. The zero-order valence-electron chi connectivity index (χ0n) is 21.1. The zero-order valence-corrected chi connectivity index (χ0v) is 21.1. The minimum absolute atomic E-state index is 0.0584. The monoisotopic (exact) mass is 490 g/mol. The van der Waals surface area contributed by atoms with E-state index in [9.17, 15) is 9.18 Å². The third-order valence-electron chi connectivity index (χ3n) is 6.93. The number of halogens is 1. The molecule has 6 heteroatoms. The number of carbonyl (C=O) groups excluding carboxylic acids is 1. The van der Waals surface area contributed by atoms with Crippen LogP contribution >= 0.6 is 0 Å². The van der Waals surface area contributed by atoms with Gasteiger partial charge in [0.05, 0.1) is 20.3 Å². The topological polar surface area (TPSA) is 50.8 Å². The van der Waals surface area contributed by atoms with Crippen molar-refractivity contribution in [3.05, 3.63) is 95.3 Å². The number of nitrogens with zero attached hydrogens (tertiary/aromatic N) is 1. The van der Waals surface area contributed by atoms with E-state index in [0.29, 0.717) is 18.5 Å². The largest absolute Gasteiger partial charge is 0.497 e. The Morgan fingerprint density at radius 1 is 1.03 bits per heavy atom. The number of rotatable bonds is 11. The number of benzene rings is 3. The molecule has 1 aliphatic rings. The molecule has 0 spiro atoms. The maximum atomic E-state index is 13.2. The first-order chi connectivity index (χ1) is 17.6. The second-order valence-electron chi connectivity index (χ2n) is 9.23. The maximum Gasteiger partial charge on any atom is 0.162 e. The molecule has 1 aliphatic heterocycles. The third-order valence-corrected chi connectivity index (χ3v) is 6.93. The summed E-state index contributed by atoms with van der Waals surface area (Å²) in [6.45, 7) is 2.49. The predicted octanol–water partition coefficient (Wildman–Crippen LogP) is 5.80. The summed E-state index contributed by atoms with van der Waals surface area (Å²) in [5, 5.41) is 3.79. The van der Waals surface area contributed by atoms with Crippen molar-refractivity contribution >= 4 is 5.78 Å². The van der Waals surface area contributed by atoms with Gasteiger partial charge in [-0.3, -0.25) is 9.69 Å². The lowest BCUT2D eigenvalue weighted by Gasteiger charge is -2.42. The van der Waals surface area contributed by atoms with Crippen LogP contribution in [0.5, 0.6) is 11.5 Å². The van der Waals surface area contributed by atoms with Crippen LogP contribution in [0.3, 0.4) is 0 Å². The van der Waals surface area contributed by atoms with Crippen LogP contribution in [0.2, 0.25) is 0 Å². The van der Waals surface area contributed by atoms with E-state index in [1.54, 1.807) is 26.4 Å². The predicted molar refractivity (Wildman–Crippen MR) is 140 cm³/mol. The van der Waals surface area contributed by atoms with Crippen molar-refractivity contribution in [2.75, 3.05) is 27.3 Å². The molecule has 1 saturated heterocycles. The number of Topliss-reactive ketones (excluding diaryl/α,β-unsaturated/α-hetero) is 1. The van der Waals surface area contributed by atoms with Gasteiger partial charge in [-0.15, -0.1) is 0 Å². The van der Waals surface area contributed by atoms with Gasteiger partial charge in [0, 0.05) is 30.1 Å². The van der Waals surface area contributed by atoms with Crippen LogP contribution in [0.1, 0.15) is 53.2 Å². The van der Waals surface area contributed by atoms with Crippen molar-refractivity contribution in [3.63, 3.8) is 0 Å². The van der Waals surface area contributed by atoms with E-state index in [-0.39, 0.29) is 23.7 Å². The Bertz CT molecular complexity index is 1120. The van der Waals surface area contributed by atoms with E-state index in [1.807, 2.05) is 24.3 Å². The van der Waals surface area contributed by atoms with Crippen LogP contribution in [-0.2, 0) is 6.54 Å². The summed E-state index contributed by atoms with van der Waals surface area (Å²) in [6.07, 6.45) is 3.36. The lowest BCUT2D eigenvalue weighted by molar-refractivity contribution is 0.0929. The van der Waals surface area contributed by atoms with Gasteiger partial charge in [0.1, 0.15) is 17.3 Å². The number of nitrogens with one attached hydrogen (secondary N) is 1. The fourth-order valence-corrected chi connectivity index (χ4v) is 5.11. The molecule has 1 heterocycles. The number of hydrogen-bond donors (Lipinski definition) is 1. The molecular weight excluding hydrogens is 455 g/mol. The molecule has 1 N–H and O–H groups in total. The Morgan fingerprint density at radius 2 is 1.81 bits per heavy atom. The average Bonchev–Trinajstić information content (AvgIpc) is 2.92. The summed E-state index contributed by atoms with van der Waals surface area (Å²) in [5.41, 5.74) is 2.91. The van der Waals surface area contributed by atoms with Gasteiger partial charge in [0.2, 0.25) is 0 Å². The number of likely N-dealkylation sites (tertiary alicyclic amines) is 1. The van der Waals surface area contributed by atoms with E-state index in [0.717, 1.165) is 49.4 Å². The van der Waals surface area contributed by atoms with Gasteiger partial charge in [-0.25, -0.2) is 4.39 Å². The average molecular weight is 491 g/mol. The van der Waals surface area contributed by atoms with Gasteiger partial charge < -0.3 is 14.8 Å². The SMILES string of the molecule is COc1ccc(OC)c(CNC2CCCN(CCCC(=O)c3ccc(F)cc3)C2c2ccccc2)c1. The zero-order chi connectivity index (χ0) is 25.3. The fourth-order valence-electron chi connectivity index (χ4n) is 5.11. The second kappa shape index (κ2) is 12.7. The minimum Gasteiger partial charge on any atom is -0.497 e. The van der Waals surface area contributed by atoms with Crippen LogP contribution in [0.15, 0.2) is 72.8 Å². The summed E-state index contributed by atoms with van der Waals surface area (Å²) >= 11 is 0. The highest BCUT2D eigenvalue weighted by molar-refractivity contribution is 5.95. The molecule has 1 fully saturated rings. The Labute approximate surface area is 213 Å². The lowest BCUT2D eigenvalue weighted by Crippen LogP contribution is -2.48. The molecule has 0 saturated carbocycles.